The van der Waals surface area contributed by atoms with E-state index in [4.69, 9.17) is 15.2 Å². The van der Waals surface area contributed by atoms with Crippen LogP contribution in [0.3, 0.4) is 0 Å². The van der Waals surface area contributed by atoms with Gasteiger partial charge in [0.25, 0.3) is 0 Å². The Kier molecular flexibility index (Phi) is 3.30. The van der Waals surface area contributed by atoms with Crippen molar-refractivity contribution in [1.29, 1.82) is 0 Å². The van der Waals surface area contributed by atoms with Crippen LogP contribution in [0.4, 0.5) is 0 Å². The van der Waals surface area contributed by atoms with E-state index in [2.05, 4.69) is 0 Å². The Bertz CT molecular complexity index is 411. The summed E-state index contributed by atoms with van der Waals surface area (Å²) in [6.45, 7) is 1.67. The molecule has 2 N–H and O–H groups in total. The predicted molar refractivity (Wildman–Crippen MR) is 66.7 cm³/mol. The topological polar surface area (TPSA) is 44.5 Å². The van der Waals surface area contributed by atoms with E-state index >= 15 is 0 Å². The number of hydrogen-bond acceptors (Lipinski definition) is 3. The molecule has 3 heteroatoms. The van der Waals surface area contributed by atoms with Gasteiger partial charge in [0.15, 0.2) is 0 Å². The maximum atomic E-state index is 5.94. The molecule has 0 radical (unpaired) electrons. The van der Waals surface area contributed by atoms with Gasteiger partial charge in [-0.25, -0.2) is 0 Å². The van der Waals surface area contributed by atoms with Crippen LogP contribution in [0.5, 0.6) is 11.5 Å². The highest BCUT2D eigenvalue weighted by atomic mass is 16.7. The van der Waals surface area contributed by atoms with Gasteiger partial charge >= 0.3 is 5.91 Å². The van der Waals surface area contributed by atoms with E-state index in [0.29, 0.717) is 11.5 Å². The Labute approximate surface area is 101 Å². The highest BCUT2D eigenvalue weighted by molar-refractivity contribution is 5.23. The van der Waals surface area contributed by atoms with E-state index in [1.807, 2.05) is 60.7 Å². The lowest BCUT2D eigenvalue weighted by molar-refractivity contribution is -0.0920. The lowest BCUT2D eigenvalue weighted by Gasteiger charge is -2.26. The zero-order valence-corrected chi connectivity index (χ0v) is 9.67. The van der Waals surface area contributed by atoms with E-state index in [1.165, 1.54) is 0 Å². The molecule has 0 aromatic heterocycles. The zero-order valence-electron chi connectivity index (χ0n) is 9.67. The number of nitrogens with two attached hydrogens (primary N) is 1. The fourth-order valence-electron chi connectivity index (χ4n) is 1.47. The van der Waals surface area contributed by atoms with Gasteiger partial charge in [0.05, 0.1) is 0 Å². The van der Waals surface area contributed by atoms with Crippen molar-refractivity contribution in [1.82, 2.24) is 0 Å². The van der Waals surface area contributed by atoms with Gasteiger partial charge in [0.2, 0.25) is 0 Å². The molecule has 0 heterocycles. The summed E-state index contributed by atoms with van der Waals surface area (Å²) in [5, 5.41) is 0. The monoisotopic (exact) mass is 229 g/mol. The molecule has 0 saturated carbocycles. The number of ether oxygens (including phenoxy) is 2. The van der Waals surface area contributed by atoms with Crippen molar-refractivity contribution in [3.63, 3.8) is 0 Å². The summed E-state index contributed by atoms with van der Waals surface area (Å²) in [6.07, 6.45) is 0. The summed E-state index contributed by atoms with van der Waals surface area (Å²) >= 11 is 0. The Hall–Kier alpha value is -2.00. The largest absolute Gasteiger partial charge is 0.440 e. The number of benzene rings is 2. The van der Waals surface area contributed by atoms with Crippen LogP contribution in [0.2, 0.25) is 0 Å². The molecule has 0 amide bonds. The molecule has 2 rings (SSSR count). The van der Waals surface area contributed by atoms with Gasteiger partial charge < -0.3 is 9.47 Å². The van der Waals surface area contributed by atoms with Crippen LogP contribution >= 0.6 is 0 Å². The third-order valence-corrected chi connectivity index (χ3v) is 2.13. The normalized spacial score (nSPS) is 10.9. The summed E-state index contributed by atoms with van der Waals surface area (Å²) < 4.78 is 11.1. The van der Waals surface area contributed by atoms with Gasteiger partial charge in [-0.05, 0) is 24.3 Å². The second kappa shape index (κ2) is 4.89. The molecule has 0 atom stereocenters. The molecule has 0 aliphatic carbocycles. The van der Waals surface area contributed by atoms with Crippen LogP contribution < -0.4 is 15.2 Å². The lowest BCUT2D eigenvalue weighted by Crippen LogP contribution is -2.48. The summed E-state index contributed by atoms with van der Waals surface area (Å²) in [6, 6.07) is 18.7. The van der Waals surface area contributed by atoms with Crippen LogP contribution in [-0.4, -0.2) is 5.91 Å². The van der Waals surface area contributed by atoms with Gasteiger partial charge in [0.1, 0.15) is 11.5 Å². The minimum absolute atomic E-state index is 0.674. The summed E-state index contributed by atoms with van der Waals surface area (Å²) in [7, 11) is 0. The van der Waals surface area contributed by atoms with Gasteiger partial charge in [-0.15, -0.1) is 0 Å². The smallest absolute Gasteiger partial charge is 0.307 e. The van der Waals surface area contributed by atoms with Crippen LogP contribution in [0.15, 0.2) is 60.7 Å². The predicted octanol–water partition coefficient (Wildman–Crippen LogP) is 2.78. The first kappa shape index (κ1) is 11.5. The van der Waals surface area contributed by atoms with Crippen molar-refractivity contribution in [2.24, 2.45) is 5.73 Å². The molecular weight excluding hydrogens is 214 g/mol. The van der Waals surface area contributed by atoms with Crippen molar-refractivity contribution < 1.29 is 9.47 Å². The Morgan fingerprint density at radius 3 is 1.47 bits per heavy atom. The van der Waals surface area contributed by atoms with Gasteiger partial charge in [-0.1, -0.05) is 36.4 Å². The van der Waals surface area contributed by atoms with E-state index in [9.17, 15) is 0 Å². The fraction of sp³-hybridized carbons (Fsp3) is 0.143. The zero-order chi connectivity index (χ0) is 12.1. The Morgan fingerprint density at radius 1 is 0.765 bits per heavy atom. The standard InChI is InChI=1S/C14H15NO2/c1-14(15,16-12-8-4-2-5-9-12)17-13-10-6-3-7-11-13/h2-11H,15H2,1H3. The number of para-hydroxylation sites is 2. The average molecular weight is 229 g/mol. The van der Waals surface area contributed by atoms with E-state index in [0.717, 1.165) is 0 Å². The van der Waals surface area contributed by atoms with Crippen LogP contribution in [-0.2, 0) is 0 Å². The van der Waals surface area contributed by atoms with Crippen molar-refractivity contribution in [2.45, 2.75) is 12.8 Å². The molecule has 88 valence electrons. The van der Waals surface area contributed by atoms with Gasteiger partial charge in [-0.2, -0.15) is 0 Å². The van der Waals surface area contributed by atoms with Gasteiger partial charge in [-0.3, -0.25) is 5.73 Å². The summed E-state index contributed by atoms with van der Waals surface area (Å²) in [5.41, 5.74) is 5.94. The molecule has 3 nitrogen and oxygen atoms in total. The molecule has 0 fully saturated rings. The molecule has 2 aromatic carbocycles. The van der Waals surface area contributed by atoms with Crippen LogP contribution in [0, 0.1) is 0 Å². The van der Waals surface area contributed by atoms with Crippen LogP contribution in [0.1, 0.15) is 6.92 Å². The van der Waals surface area contributed by atoms with Crippen molar-refractivity contribution in [3.8, 4) is 11.5 Å². The highest BCUT2D eigenvalue weighted by Crippen LogP contribution is 2.19. The molecule has 2 aromatic rings. The lowest BCUT2D eigenvalue weighted by atomic mass is 10.3. The summed E-state index contributed by atoms with van der Waals surface area (Å²) in [5.74, 6) is 0.157. The average Bonchev–Trinajstić information content (AvgIpc) is 2.30. The van der Waals surface area contributed by atoms with Crippen molar-refractivity contribution >= 4 is 0 Å². The van der Waals surface area contributed by atoms with E-state index in [1.54, 1.807) is 6.92 Å². The molecule has 0 unspecified atom stereocenters. The minimum atomic E-state index is -1.19. The minimum Gasteiger partial charge on any atom is -0.440 e. The first-order valence-electron chi connectivity index (χ1n) is 5.43. The number of hydrogen-bond donors (Lipinski definition) is 1. The molecule has 17 heavy (non-hydrogen) atoms. The van der Waals surface area contributed by atoms with Crippen molar-refractivity contribution in [2.75, 3.05) is 0 Å². The maximum absolute atomic E-state index is 5.94. The van der Waals surface area contributed by atoms with Gasteiger partial charge in [0, 0.05) is 6.92 Å². The van der Waals surface area contributed by atoms with E-state index < -0.39 is 5.91 Å². The molecule has 0 bridgehead atoms. The van der Waals surface area contributed by atoms with Crippen LogP contribution in [0.25, 0.3) is 0 Å². The highest BCUT2D eigenvalue weighted by Gasteiger charge is 2.22. The molecule has 0 saturated heterocycles. The third-order valence-electron chi connectivity index (χ3n) is 2.13. The fourth-order valence-corrected chi connectivity index (χ4v) is 1.47. The second-order valence-corrected chi connectivity index (χ2v) is 3.85. The molecule has 0 aliphatic rings. The number of rotatable bonds is 4. The molecule has 0 aliphatic heterocycles. The first-order chi connectivity index (χ1) is 8.16. The quantitative estimate of drug-likeness (QED) is 0.820. The maximum Gasteiger partial charge on any atom is 0.307 e. The summed E-state index contributed by atoms with van der Waals surface area (Å²) in [4.78, 5) is 0. The SMILES string of the molecule is CC(N)(Oc1ccccc1)Oc1ccccc1. The van der Waals surface area contributed by atoms with E-state index in [-0.39, 0.29) is 0 Å². The third kappa shape index (κ3) is 3.50. The second-order valence-electron chi connectivity index (χ2n) is 3.85. The van der Waals surface area contributed by atoms with Crippen molar-refractivity contribution in [3.05, 3.63) is 60.7 Å². The molecule has 0 spiro atoms. The Morgan fingerprint density at radius 2 is 1.12 bits per heavy atom. The molecular formula is C14H15NO2. The Balaban J connectivity index is 2.04. The first-order valence-corrected chi connectivity index (χ1v) is 5.43.